The van der Waals surface area contributed by atoms with Crippen LogP contribution in [-0.4, -0.2) is 110 Å². The van der Waals surface area contributed by atoms with Gasteiger partial charge >= 0.3 is 0 Å². The quantitative estimate of drug-likeness (QED) is 0.0377. The maximum Gasteiger partial charge on any atom is 0.255 e. The molecular formula is C52H63N9O9S. The number of hydrogen-bond acceptors (Lipinski definition) is 15. The van der Waals surface area contributed by atoms with Crippen molar-refractivity contribution in [2.24, 2.45) is 0 Å². The molecule has 4 heterocycles. The predicted octanol–water partition coefficient (Wildman–Crippen LogP) is 6.81. The Labute approximate surface area is 415 Å². The molecule has 3 aliphatic heterocycles. The SMILES string of the molecule is Cc1cnc(Nc2ccc(OCCCOCCNc3ccc4c(c3OCc3ccc(CN5CCOCC5)cc3)CN([C@H]3CCCC(=O)NC3=O)C4=O)cc2)nc1Nc1cccc(S(=O)(=O)NC(C)(C)C)c1. The van der Waals surface area contributed by atoms with Crippen LogP contribution in [0.25, 0.3) is 0 Å². The summed E-state index contributed by atoms with van der Waals surface area (Å²) in [5, 5.41) is 12.3. The van der Waals surface area contributed by atoms with Crippen LogP contribution in [0.3, 0.4) is 0 Å². The number of morpholine rings is 1. The van der Waals surface area contributed by atoms with Gasteiger partial charge < -0.3 is 39.8 Å². The molecule has 2 fully saturated rings. The Bertz CT molecular complexity index is 2780. The van der Waals surface area contributed by atoms with Gasteiger partial charge in [-0.25, -0.2) is 18.1 Å². The normalized spacial score (nSPS) is 16.5. The van der Waals surface area contributed by atoms with E-state index >= 15 is 0 Å². The number of aromatic nitrogens is 2. The van der Waals surface area contributed by atoms with Crippen LogP contribution >= 0.6 is 0 Å². The summed E-state index contributed by atoms with van der Waals surface area (Å²) in [5.41, 5.74) is 5.55. The van der Waals surface area contributed by atoms with Gasteiger partial charge in [0.25, 0.3) is 5.91 Å². The highest BCUT2D eigenvalue weighted by atomic mass is 32.2. The summed E-state index contributed by atoms with van der Waals surface area (Å²) in [7, 11) is -3.72. The van der Waals surface area contributed by atoms with Gasteiger partial charge in [-0.3, -0.25) is 24.6 Å². The first-order valence-corrected chi connectivity index (χ1v) is 25.5. The van der Waals surface area contributed by atoms with Gasteiger partial charge in [0.1, 0.15) is 30.0 Å². The van der Waals surface area contributed by atoms with E-state index in [1.807, 2.05) is 37.3 Å². The predicted molar refractivity (Wildman–Crippen MR) is 270 cm³/mol. The van der Waals surface area contributed by atoms with Crippen molar-refractivity contribution < 1.29 is 41.7 Å². The van der Waals surface area contributed by atoms with Gasteiger partial charge in [-0.15, -0.1) is 0 Å². The van der Waals surface area contributed by atoms with Gasteiger partial charge in [-0.1, -0.05) is 30.3 Å². The van der Waals surface area contributed by atoms with Crippen LogP contribution in [-0.2, 0) is 48.8 Å². The molecule has 19 heteroatoms. The number of amides is 3. The molecule has 0 bridgehead atoms. The average molecular weight is 990 g/mol. The highest BCUT2D eigenvalue weighted by Gasteiger charge is 2.40. The van der Waals surface area contributed by atoms with Gasteiger partial charge in [-0.05, 0) is 106 Å². The molecule has 3 aliphatic rings. The van der Waals surface area contributed by atoms with Crippen LogP contribution in [0, 0.1) is 6.92 Å². The highest BCUT2D eigenvalue weighted by Crippen LogP contribution is 2.39. The first-order valence-electron chi connectivity index (χ1n) is 24.0. The Kier molecular flexibility index (Phi) is 16.5. The molecule has 5 N–H and O–H groups in total. The number of rotatable bonds is 21. The van der Waals surface area contributed by atoms with Gasteiger partial charge in [0.05, 0.1) is 43.6 Å². The van der Waals surface area contributed by atoms with Gasteiger partial charge in [0, 0.05) is 85.4 Å². The van der Waals surface area contributed by atoms with Gasteiger partial charge in [-0.2, -0.15) is 4.98 Å². The smallest absolute Gasteiger partial charge is 0.255 e. The fraction of sp³-hybridized carbons (Fsp3) is 0.404. The van der Waals surface area contributed by atoms with Crippen molar-refractivity contribution in [1.82, 2.24) is 29.8 Å². The Morgan fingerprint density at radius 1 is 0.873 bits per heavy atom. The van der Waals surface area contributed by atoms with Crippen LogP contribution < -0.4 is 35.5 Å². The summed E-state index contributed by atoms with van der Waals surface area (Å²) in [6.07, 6.45) is 3.51. The fourth-order valence-corrected chi connectivity index (χ4v) is 9.93. The summed E-state index contributed by atoms with van der Waals surface area (Å²) in [4.78, 5) is 52.0. The molecule has 4 aromatic carbocycles. The second-order valence-electron chi connectivity index (χ2n) is 18.8. The number of benzene rings is 4. The standard InChI is InChI=1S/C52H63N9O9S/c1-35-31-54-51(58-48(35)55-39-8-5-9-41(30-39)71(65,66)59-52(2,3)4)56-38-16-18-40(19-17-38)69-26-7-25-67-27-22-53-44-21-20-42-43(33-61(50(42)64)45-10-6-11-46(62)57-49(45)63)47(44)70-34-37-14-12-36(13-15-37)32-60-23-28-68-29-24-60/h5,8-9,12-21,30-31,45,53,59H,6-7,10-11,22-29,32-34H2,1-4H3,(H,57,62,63)(H2,54,55,56,58)/t45-/m0/s1. The number of aryl methyl sites for hydroxylation is 1. The van der Waals surface area contributed by atoms with Crippen LogP contribution in [0.1, 0.15) is 79.1 Å². The zero-order valence-electron chi connectivity index (χ0n) is 40.7. The fourth-order valence-electron chi connectivity index (χ4n) is 8.46. The van der Waals surface area contributed by atoms with E-state index in [-0.39, 0.29) is 36.3 Å². The number of fused-ring (bicyclic) bond motifs is 1. The third-order valence-electron chi connectivity index (χ3n) is 12.0. The molecule has 8 rings (SSSR count). The molecule has 71 heavy (non-hydrogen) atoms. The zero-order chi connectivity index (χ0) is 50.0. The largest absolute Gasteiger partial charge is 0.494 e. The topological polar surface area (TPSA) is 215 Å². The lowest BCUT2D eigenvalue weighted by atomic mass is 10.1. The third-order valence-corrected chi connectivity index (χ3v) is 13.8. The minimum Gasteiger partial charge on any atom is -0.494 e. The van der Waals surface area contributed by atoms with E-state index in [0.29, 0.717) is 91.4 Å². The van der Waals surface area contributed by atoms with E-state index in [9.17, 15) is 22.8 Å². The van der Waals surface area contributed by atoms with Crippen molar-refractivity contribution in [3.05, 3.63) is 119 Å². The molecule has 0 saturated carbocycles. The molecule has 376 valence electrons. The maximum atomic E-state index is 13.8. The van der Waals surface area contributed by atoms with E-state index in [1.165, 1.54) is 5.56 Å². The molecule has 3 amide bonds. The molecule has 0 aliphatic carbocycles. The van der Waals surface area contributed by atoms with Crippen molar-refractivity contribution in [3.63, 3.8) is 0 Å². The van der Waals surface area contributed by atoms with Crippen molar-refractivity contribution in [3.8, 4) is 11.5 Å². The molecule has 2 saturated heterocycles. The van der Waals surface area contributed by atoms with Crippen LogP contribution in [0.4, 0.5) is 28.8 Å². The Morgan fingerprint density at radius 3 is 2.42 bits per heavy atom. The molecular weight excluding hydrogens is 927 g/mol. The van der Waals surface area contributed by atoms with E-state index < -0.39 is 27.5 Å². The van der Waals surface area contributed by atoms with Crippen LogP contribution in [0.5, 0.6) is 11.5 Å². The van der Waals surface area contributed by atoms with Gasteiger partial charge in [0.15, 0.2) is 0 Å². The molecule has 1 aromatic heterocycles. The van der Waals surface area contributed by atoms with Crippen LogP contribution in [0.15, 0.2) is 96.0 Å². The van der Waals surface area contributed by atoms with E-state index in [4.69, 9.17) is 18.9 Å². The number of ether oxygens (including phenoxy) is 4. The lowest BCUT2D eigenvalue weighted by molar-refractivity contribution is -0.132. The number of nitrogens with zero attached hydrogens (tertiary/aromatic N) is 4. The minimum absolute atomic E-state index is 0.145. The number of carbonyl (C=O) groups is 3. The molecule has 1 atom stereocenters. The maximum absolute atomic E-state index is 13.8. The summed E-state index contributed by atoms with van der Waals surface area (Å²) >= 11 is 0. The summed E-state index contributed by atoms with van der Waals surface area (Å²) in [5.74, 6) is 1.09. The summed E-state index contributed by atoms with van der Waals surface area (Å²) < 4.78 is 52.5. The average Bonchev–Trinajstić information content (AvgIpc) is 3.57. The molecule has 5 aromatic rings. The lowest BCUT2D eigenvalue weighted by Crippen LogP contribution is -2.46. The number of hydrogen-bond donors (Lipinski definition) is 5. The number of carbonyl (C=O) groups excluding carboxylic acids is 3. The molecule has 18 nitrogen and oxygen atoms in total. The summed E-state index contributed by atoms with van der Waals surface area (Å²) in [6, 6.07) is 25.2. The van der Waals surface area contributed by atoms with Crippen molar-refractivity contribution in [2.75, 3.05) is 68.6 Å². The van der Waals surface area contributed by atoms with Crippen molar-refractivity contribution in [2.45, 2.75) is 89.6 Å². The number of nitrogens with one attached hydrogen (secondary N) is 5. The lowest BCUT2D eigenvalue weighted by Gasteiger charge is -2.26. The first-order chi connectivity index (χ1) is 34.2. The second-order valence-corrected chi connectivity index (χ2v) is 20.5. The second kappa shape index (κ2) is 23.1. The Balaban J connectivity index is 0.808. The number of anilines is 5. The zero-order valence-corrected chi connectivity index (χ0v) is 41.5. The van der Waals surface area contributed by atoms with Crippen molar-refractivity contribution >= 4 is 56.6 Å². The monoisotopic (exact) mass is 989 g/mol. The number of sulfonamides is 1. The van der Waals surface area contributed by atoms with E-state index in [1.54, 1.807) is 62.2 Å². The van der Waals surface area contributed by atoms with Crippen LogP contribution in [0.2, 0.25) is 0 Å². The molecule has 0 radical (unpaired) electrons. The van der Waals surface area contributed by atoms with Gasteiger partial charge in [0.2, 0.25) is 27.8 Å². The first kappa shape index (κ1) is 50.7. The third kappa shape index (κ3) is 13.8. The minimum atomic E-state index is -3.72. The van der Waals surface area contributed by atoms with E-state index in [2.05, 4.69) is 65.1 Å². The highest BCUT2D eigenvalue weighted by molar-refractivity contribution is 7.89. The Morgan fingerprint density at radius 2 is 1.65 bits per heavy atom. The van der Waals surface area contributed by atoms with E-state index in [0.717, 1.165) is 49.7 Å². The molecule has 0 unspecified atom stereocenters. The summed E-state index contributed by atoms with van der Waals surface area (Å²) in [6.45, 7) is 13.7. The van der Waals surface area contributed by atoms with Crippen molar-refractivity contribution in [1.29, 1.82) is 0 Å². The molecule has 0 spiro atoms. The Hall–Kier alpha value is -6.64. The number of imide groups is 1.